The maximum Gasteiger partial charge on any atom is 0.258 e. The summed E-state index contributed by atoms with van der Waals surface area (Å²) in [6, 6.07) is 17.8. The van der Waals surface area contributed by atoms with E-state index in [0.29, 0.717) is 31.5 Å². The van der Waals surface area contributed by atoms with Crippen LogP contribution in [-0.2, 0) is 19.2 Å². The van der Waals surface area contributed by atoms with Crippen LogP contribution in [0.1, 0.15) is 34.6 Å². The Kier molecular flexibility index (Phi) is 17.0. The molecule has 0 fully saturated rings. The van der Waals surface area contributed by atoms with Crippen molar-refractivity contribution >= 4 is 151 Å². The van der Waals surface area contributed by atoms with Gasteiger partial charge in [-0.2, -0.15) is 20.5 Å². The summed E-state index contributed by atoms with van der Waals surface area (Å²) in [4.78, 5) is 77.9. The minimum Gasteiger partial charge on any atom is -0.476 e. The van der Waals surface area contributed by atoms with E-state index in [4.69, 9.17) is 85.9 Å². The van der Waals surface area contributed by atoms with E-state index in [0.717, 1.165) is 13.8 Å². The van der Waals surface area contributed by atoms with Gasteiger partial charge in [0.05, 0.1) is 26.9 Å². The van der Waals surface area contributed by atoms with Gasteiger partial charge in [-0.3, -0.25) is 28.8 Å². The number of Topliss-reactive ketones (excluding diaryl/α,β-unsaturated/α-hetero) is 2. The van der Waals surface area contributed by atoms with Gasteiger partial charge in [0.25, 0.3) is 23.6 Å². The monoisotopic (exact) mass is 990 g/mol. The van der Waals surface area contributed by atoms with Crippen molar-refractivity contribution < 1.29 is 33.5 Å². The Labute approximate surface area is 393 Å². The van der Waals surface area contributed by atoms with E-state index >= 15 is 0 Å². The van der Waals surface area contributed by atoms with Gasteiger partial charge in [-0.15, -0.1) is 0 Å². The minimum atomic E-state index is -1.69. The molecule has 15 nitrogen and oxygen atoms in total. The van der Waals surface area contributed by atoms with E-state index in [-0.39, 0.29) is 49.7 Å². The fourth-order valence-corrected chi connectivity index (χ4v) is 7.03. The van der Waals surface area contributed by atoms with Crippen molar-refractivity contribution in [1.29, 1.82) is 0 Å². The second kappa shape index (κ2) is 22.1. The molecule has 0 spiro atoms. The molecule has 0 radical (unpaired) electrons. The molecule has 324 valence electrons. The number of alkyl halides is 1. The first kappa shape index (κ1) is 48.4. The van der Waals surface area contributed by atoms with Crippen molar-refractivity contribution in [2.24, 2.45) is 20.5 Å². The van der Waals surface area contributed by atoms with Gasteiger partial charge in [-0.05, 0) is 86.6 Å². The molecule has 2 unspecified atom stereocenters. The second-order valence-corrected chi connectivity index (χ2v) is 15.6. The lowest BCUT2D eigenvalue weighted by Crippen LogP contribution is -2.32. The molecule has 0 aliphatic carbocycles. The zero-order valence-electron chi connectivity index (χ0n) is 32.3. The average molecular weight is 994 g/mol. The highest BCUT2D eigenvalue weighted by Crippen LogP contribution is 2.34. The number of carbonyl (C=O) groups is 6. The summed E-state index contributed by atoms with van der Waals surface area (Å²) in [7, 11) is 0. The van der Waals surface area contributed by atoms with Gasteiger partial charge >= 0.3 is 0 Å². The maximum atomic E-state index is 13.4. The smallest absolute Gasteiger partial charge is 0.258 e. The van der Waals surface area contributed by atoms with Gasteiger partial charge in [0.2, 0.25) is 12.1 Å². The number of nitrogens with one attached hydrogen (secondary N) is 4. The van der Waals surface area contributed by atoms with Crippen molar-refractivity contribution in [1.82, 2.24) is 0 Å². The van der Waals surface area contributed by atoms with Gasteiger partial charge < -0.3 is 26.0 Å². The summed E-state index contributed by atoms with van der Waals surface area (Å²) in [5, 5.41) is 27.0. The quantitative estimate of drug-likeness (QED) is 0.0426. The van der Waals surface area contributed by atoms with Crippen LogP contribution in [0.5, 0.6) is 5.75 Å². The number of hydrogen-bond donors (Lipinski definition) is 4. The summed E-state index contributed by atoms with van der Waals surface area (Å²) >= 11 is 42.9. The Balaban J connectivity index is 1.28. The molecule has 63 heavy (non-hydrogen) atoms. The fraction of sp³-hybridized carbons (Fsp3) is 0.122. The molecule has 4 amide bonds. The Hall–Kier alpha value is -5.65. The van der Waals surface area contributed by atoms with Gasteiger partial charge in [0.15, 0.2) is 17.6 Å². The third-order valence-corrected chi connectivity index (χ3v) is 10.0. The predicted octanol–water partition coefficient (Wildman–Crippen LogP) is 12.0. The number of nitrogens with zero attached hydrogens (tertiary/aromatic N) is 4. The third-order valence-electron chi connectivity index (χ3n) is 8.23. The van der Waals surface area contributed by atoms with E-state index in [9.17, 15) is 28.8 Å². The zero-order chi connectivity index (χ0) is 46.0. The van der Waals surface area contributed by atoms with E-state index in [1.165, 1.54) is 91.0 Å². The third kappa shape index (κ3) is 13.2. The predicted molar refractivity (Wildman–Crippen MR) is 245 cm³/mol. The van der Waals surface area contributed by atoms with E-state index in [1.54, 1.807) is 0 Å². The lowest BCUT2D eigenvalue weighted by Gasteiger charge is -2.15. The zero-order valence-corrected chi connectivity index (χ0v) is 37.6. The lowest BCUT2D eigenvalue weighted by atomic mass is 10.1. The van der Waals surface area contributed by atoms with Gasteiger partial charge in [-0.25, -0.2) is 0 Å². The first-order valence-electron chi connectivity index (χ1n) is 17.8. The second-order valence-electron chi connectivity index (χ2n) is 12.9. The number of rotatable bonds is 16. The fourth-order valence-electron chi connectivity index (χ4n) is 5.36. The Morgan fingerprint density at radius 2 is 0.968 bits per heavy atom. The standard InChI is InChI=1S/C41H29Cl7N8O7/c1-19(57)36(55-53-31-7-3-5-28(34(31)47)38(59)50-26-13-21(43)11-22(44)14-26)40(61)49-25-9-10-30(33(17-25)63-18-42)52-41(62)37(20(2)58)56-54-32-8-4-6-29(35(32)48)39(60)51-27-15-23(45)12-24(46)16-27/h3-17,36-37H,18H2,1-2H3,(H,49,61)(H,50,59)(H,51,60)(H,52,62). The highest BCUT2D eigenvalue weighted by molar-refractivity contribution is 6.38. The normalized spacial score (nSPS) is 12.1. The van der Waals surface area contributed by atoms with Crippen LogP contribution in [0.25, 0.3) is 0 Å². The van der Waals surface area contributed by atoms with E-state index in [1.807, 2.05) is 0 Å². The molecule has 0 saturated carbocycles. The summed E-state index contributed by atoms with van der Waals surface area (Å²) in [5.41, 5.74) is 0.663. The largest absolute Gasteiger partial charge is 0.476 e. The summed E-state index contributed by atoms with van der Waals surface area (Å²) in [6.07, 6.45) is 0. The number of ketones is 2. The van der Waals surface area contributed by atoms with Crippen LogP contribution in [0.15, 0.2) is 111 Å². The van der Waals surface area contributed by atoms with Crippen LogP contribution >= 0.6 is 81.2 Å². The van der Waals surface area contributed by atoms with Crippen molar-refractivity contribution in [2.75, 3.05) is 27.3 Å². The number of halogens is 7. The molecular formula is C41H29Cl7N8O7. The Bertz CT molecular complexity index is 2660. The van der Waals surface area contributed by atoms with Crippen LogP contribution in [0.3, 0.4) is 0 Å². The number of ether oxygens (including phenoxy) is 1. The van der Waals surface area contributed by atoms with Crippen molar-refractivity contribution in [3.8, 4) is 5.75 Å². The average Bonchev–Trinajstić information content (AvgIpc) is 3.19. The molecule has 0 saturated heterocycles. The number of carbonyl (C=O) groups excluding carboxylic acids is 6. The maximum absolute atomic E-state index is 13.4. The SMILES string of the molecule is CC(=O)C(N=Nc1cccc(C(=O)Nc2cc(Cl)cc(Cl)c2)c1Cl)C(=O)Nc1ccc(NC(=O)C(N=Nc2cccc(C(=O)Nc3cc(Cl)cc(Cl)c3)c2Cl)C(C)=O)c(OCCl)c1. The molecule has 5 aromatic rings. The first-order chi connectivity index (χ1) is 29.9. The molecule has 22 heteroatoms. The summed E-state index contributed by atoms with van der Waals surface area (Å²) in [6.45, 7) is 2.23. The van der Waals surface area contributed by atoms with Crippen molar-refractivity contribution in [3.63, 3.8) is 0 Å². The van der Waals surface area contributed by atoms with E-state index < -0.39 is 53.3 Å². The number of azo groups is 2. The van der Waals surface area contributed by atoms with Crippen molar-refractivity contribution in [3.05, 3.63) is 132 Å². The van der Waals surface area contributed by atoms with Crippen LogP contribution in [0, 0.1) is 0 Å². The molecule has 0 aliphatic heterocycles. The van der Waals surface area contributed by atoms with Crippen LogP contribution < -0.4 is 26.0 Å². The topological polar surface area (TPSA) is 209 Å². The molecule has 0 heterocycles. The molecule has 0 bridgehead atoms. The summed E-state index contributed by atoms with van der Waals surface area (Å²) < 4.78 is 5.46. The Morgan fingerprint density at radius 3 is 1.38 bits per heavy atom. The summed E-state index contributed by atoms with van der Waals surface area (Å²) in [5.74, 6) is -4.54. The molecular weight excluding hydrogens is 965 g/mol. The number of anilines is 4. The number of amides is 4. The van der Waals surface area contributed by atoms with E-state index in [2.05, 4.69) is 41.7 Å². The molecule has 5 aromatic carbocycles. The molecule has 2 atom stereocenters. The minimum absolute atomic E-state index is 0.00100. The van der Waals surface area contributed by atoms with Gasteiger partial charge in [-0.1, -0.05) is 93.3 Å². The Morgan fingerprint density at radius 1 is 0.540 bits per heavy atom. The van der Waals surface area contributed by atoms with Gasteiger partial charge in [0.1, 0.15) is 17.1 Å². The number of hydrogen-bond acceptors (Lipinski definition) is 11. The lowest BCUT2D eigenvalue weighted by molar-refractivity contribution is -0.127. The van der Waals surface area contributed by atoms with Crippen LogP contribution in [0.4, 0.5) is 34.1 Å². The van der Waals surface area contributed by atoms with Crippen LogP contribution in [-0.4, -0.2) is 53.3 Å². The highest BCUT2D eigenvalue weighted by Gasteiger charge is 2.27. The molecule has 0 aromatic heterocycles. The highest BCUT2D eigenvalue weighted by atomic mass is 35.5. The van der Waals surface area contributed by atoms with Crippen molar-refractivity contribution in [2.45, 2.75) is 25.9 Å². The molecule has 0 aliphatic rings. The van der Waals surface area contributed by atoms with Gasteiger partial charge in [0, 0.05) is 43.2 Å². The first-order valence-corrected chi connectivity index (χ1v) is 20.6. The van der Waals surface area contributed by atoms with Crippen LogP contribution in [0.2, 0.25) is 30.1 Å². The number of benzene rings is 5. The molecule has 4 N–H and O–H groups in total. The molecule has 5 rings (SSSR count).